The van der Waals surface area contributed by atoms with Gasteiger partial charge in [-0.05, 0) is 24.0 Å². The van der Waals surface area contributed by atoms with E-state index >= 15 is 0 Å². The van der Waals surface area contributed by atoms with Crippen LogP contribution in [0.25, 0.3) is 0 Å². The van der Waals surface area contributed by atoms with Crippen molar-refractivity contribution >= 4 is 17.8 Å². The van der Waals surface area contributed by atoms with Crippen molar-refractivity contribution in [2.75, 3.05) is 32.7 Å². The van der Waals surface area contributed by atoms with Crippen molar-refractivity contribution in [1.29, 1.82) is 0 Å². The molecule has 3 aliphatic rings. The van der Waals surface area contributed by atoms with Crippen molar-refractivity contribution in [3.63, 3.8) is 0 Å². The first-order valence-electron chi connectivity index (χ1n) is 12.6. The highest BCUT2D eigenvalue weighted by molar-refractivity contribution is 6.08. The number of hydrogen-bond acceptors (Lipinski definition) is 5. The van der Waals surface area contributed by atoms with Crippen LogP contribution in [-0.4, -0.2) is 70.9 Å². The van der Waals surface area contributed by atoms with Gasteiger partial charge in [-0.3, -0.25) is 24.8 Å². The Morgan fingerprint density at radius 1 is 0.857 bits per heavy atom. The van der Waals surface area contributed by atoms with Gasteiger partial charge in [0.25, 0.3) is 11.8 Å². The maximum absolute atomic E-state index is 12.9. The number of carbonyl (C=O) groups excluding carboxylic acids is 3. The topological polar surface area (TPSA) is 85.0 Å². The highest BCUT2D eigenvalue weighted by Gasteiger charge is 2.52. The Labute approximate surface area is 206 Å². The van der Waals surface area contributed by atoms with Gasteiger partial charge in [-0.1, -0.05) is 79.9 Å². The normalized spacial score (nSPS) is 20.9. The van der Waals surface area contributed by atoms with E-state index < -0.39 is 11.6 Å². The molecule has 0 bridgehead atoms. The Morgan fingerprint density at radius 2 is 1.43 bits per heavy atom. The molecule has 0 unspecified atom stereocenters. The summed E-state index contributed by atoms with van der Waals surface area (Å²) in [5.74, 6) is -0.661. The number of nitrogens with one attached hydrogen (secondary N) is 2. The fraction of sp³-hybridized carbons (Fsp3) is 0.444. The van der Waals surface area contributed by atoms with Crippen LogP contribution in [0.3, 0.4) is 0 Å². The fourth-order valence-electron chi connectivity index (χ4n) is 5.64. The summed E-state index contributed by atoms with van der Waals surface area (Å²) in [5.41, 5.74) is 4.23. The summed E-state index contributed by atoms with van der Waals surface area (Å²) in [7, 11) is 0. The van der Waals surface area contributed by atoms with Gasteiger partial charge in [0.15, 0.2) is 0 Å². The number of imide groups is 1. The second-order valence-electron chi connectivity index (χ2n) is 9.78. The minimum atomic E-state index is -0.835. The van der Waals surface area contributed by atoms with Crippen molar-refractivity contribution in [3.8, 4) is 0 Å². The Balaban J connectivity index is 1.18. The molecule has 2 N–H and O–H groups in total. The molecule has 0 aromatic heterocycles. The number of amides is 4. The van der Waals surface area contributed by atoms with E-state index in [0.717, 1.165) is 50.5 Å². The molecule has 1 saturated carbocycles. The zero-order valence-electron chi connectivity index (χ0n) is 20.0. The summed E-state index contributed by atoms with van der Waals surface area (Å²) in [6.07, 6.45) is 4.15. The molecule has 2 aromatic rings. The van der Waals surface area contributed by atoms with Crippen molar-refractivity contribution in [1.82, 2.24) is 25.6 Å². The molecule has 1 aliphatic carbocycles. The second-order valence-corrected chi connectivity index (χ2v) is 9.78. The molecule has 3 fully saturated rings. The minimum Gasteiger partial charge on any atom is -0.322 e. The number of piperazine rings is 1. The van der Waals surface area contributed by atoms with E-state index in [2.05, 4.69) is 69.1 Å². The Kier molecular flexibility index (Phi) is 6.83. The summed E-state index contributed by atoms with van der Waals surface area (Å²) in [5, 5.41) is 3.72. The number of hydrogen-bond donors (Lipinski definition) is 2. The van der Waals surface area contributed by atoms with Crippen molar-refractivity contribution in [3.05, 3.63) is 71.8 Å². The third-order valence-electron chi connectivity index (χ3n) is 7.48. The van der Waals surface area contributed by atoms with E-state index in [-0.39, 0.29) is 24.4 Å². The third-order valence-corrected chi connectivity index (χ3v) is 7.48. The van der Waals surface area contributed by atoms with E-state index in [1.165, 1.54) is 11.1 Å². The highest BCUT2D eigenvalue weighted by atomic mass is 16.2. The predicted molar refractivity (Wildman–Crippen MR) is 132 cm³/mol. The first-order chi connectivity index (χ1) is 17.1. The van der Waals surface area contributed by atoms with E-state index in [9.17, 15) is 14.4 Å². The minimum absolute atomic E-state index is 0.152. The van der Waals surface area contributed by atoms with Crippen LogP contribution < -0.4 is 10.7 Å². The molecule has 0 atom stereocenters. The highest BCUT2D eigenvalue weighted by Crippen LogP contribution is 2.33. The predicted octanol–water partition coefficient (Wildman–Crippen LogP) is 2.68. The quantitative estimate of drug-likeness (QED) is 0.628. The van der Waals surface area contributed by atoms with E-state index in [4.69, 9.17) is 0 Å². The first-order valence-corrected chi connectivity index (χ1v) is 12.6. The first kappa shape index (κ1) is 23.5. The monoisotopic (exact) mass is 475 g/mol. The van der Waals surface area contributed by atoms with E-state index in [1.807, 2.05) is 12.1 Å². The van der Waals surface area contributed by atoms with E-state index in [0.29, 0.717) is 12.8 Å². The maximum Gasteiger partial charge on any atom is 0.344 e. The largest absolute Gasteiger partial charge is 0.344 e. The molecular formula is C27H33N5O3. The van der Waals surface area contributed by atoms with Crippen LogP contribution in [-0.2, 0) is 9.59 Å². The number of rotatable bonds is 6. The molecule has 2 heterocycles. The van der Waals surface area contributed by atoms with Gasteiger partial charge in [-0.15, -0.1) is 0 Å². The lowest BCUT2D eigenvalue weighted by Gasteiger charge is -2.39. The lowest BCUT2D eigenvalue weighted by molar-refractivity contribution is -0.140. The number of carbonyl (C=O) groups is 3. The van der Waals surface area contributed by atoms with Gasteiger partial charge < -0.3 is 5.32 Å². The van der Waals surface area contributed by atoms with Crippen LogP contribution in [0, 0.1) is 0 Å². The smallest absolute Gasteiger partial charge is 0.322 e. The molecule has 4 amide bonds. The molecule has 2 aliphatic heterocycles. The van der Waals surface area contributed by atoms with Crippen LogP contribution >= 0.6 is 0 Å². The molecule has 0 radical (unpaired) electrons. The molecule has 2 saturated heterocycles. The Bertz CT molecular complexity index is 1010. The summed E-state index contributed by atoms with van der Waals surface area (Å²) < 4.78 is 0. The molecule has 8 nitrogen and oxygen atoms in total. The van der Waals surface area contributed by atoms with Gasteiger partial charge in [0.05, 0.1) is 12.6 Å². The zero-order chi connectivity index (χ0) is 24.3. The number of hydrazine groups is 1. The molecule has 184 valence electrons. The van der Waals surface area contributed by atoms with Crippen LogP contribution in [0.4, 0.5) is 4.79 Å². The molecule has 2 aromatic carbocycles. The summed E-state index contributed by atoms with van der Waals surface area (Å²) in [6, 6.07) is 20.6. The second kappa shape index (κ2) is 10.2. The van der Waals surface area contributed by atoms with Gasteiger partial charge >= 0.3 is 6.03 Å². The Hall–Kier alpha value is -3.23. The van der Waals surface area contributed by atoms with Gasteiger partial charge in [0.2, 0.25) is 0 Å². The lowest BCUT2D eigenvalue weighted by atomic mass is 9.82. The number of urea groups is 1. The standard InChI is InChI=1S/C27H33N5O3/c33-23(29-32-25(34)27(28-26(32)35)14-8-3-9-15-27)20-30-16-18-31(19-17-30)24(21-10-4-1-5-11-21)22-12-6-2-7-13-22/h1-2,4-7,10-13,24H,3,8-9,14-20H2,(H,28,35)(H,29,33). The fourth-order valence-corrected chi connectivity index (χ4v) is 5.64. The van der Waals surface area contributed by atoms with Gasteiger partial charge in [-0.25, -0.2) is 4.79 Å². The molecule has 8 heteroatoms. The Morgan fingerprint density at radius 3 is 2.00 bits per heavy atom. The number of nitrogens with zero attached hydrogens (tertiary/aromatic N) is 3. The van der Waals surface area contributed by atoms with Crippen LogP contribution in [0.1, 0.15) is 49.3 Å². The van der Waals surface area contributed by atoms with Gasteiger partial charge in [0, 0.05) is 26.2 Å². The maximum atomic E-state index is 12.9. The average molecular weight is 476 g/mol. The summed E-state index contributed by atoms with van der Waals surface area (Å²) in [4.78, 5) is 42.6. The van der Waals surface area contributed by atoms with Crippen molar-refractivity contribution in [2.45, 2.75) is 43.7 Å². The third kappa shape index (κ3) is 4.94. The molecule has 35 heavy (non-hydrogen) atoms. The molecule has 5 rings (SSSR count). The van der Waals surface area contributed by atoms with Crippen LogP contribution in [0.5, 0.6) is 0 Å². The van der Waals surface area contributed by atoms with Crippen LogP contribution in [0.15, 0.2) is 60.7 Å². The average Bonchev–Trinajstić information content (AvgIpc) is 3.10. The van der Waals surface area contributed by atoms with Gasteiger partial charge in [-0.2, -0.15) is 5.01 Å². The SMILES string of the molecule is O=C(CN1CCN(C(c2ccccc2)c2ccccc2)CC1)NN1C(=O)NC2(CCCCC2)C1=O. The van der Waals surface area contributed by atoms with Crippen LogP contribution in [0.2, 0.25) is 0 Å². The molecule has 1 spiro atoms. The van der Waals surface area contributed by atoms with E-state index in [1.54, 1.807) is 0 Å². The number of benzene rings is 2. The van der Waals surface area contributed by atoms with Gasteiger partial charge in [0.1, 0.15) is 5.54 Å². The summed E-state index contributed by atoms with van der Waals surface area (Å²) in [6.45, 7) is 3.24. The lowest BCUT2D eigenvalue weighted by Crippen LogP contribution is -2.54. The summed E-state index contributed by atoms with van der Waals surface area (Å²) >= 11 is 0. The zero-order valence-corrected chi connectivity index (χ0v) is 20.0. The molecular weight excluding hydrogens is 442 g/mol. The van der Waals surface area contributed by atoms with Crippen molar-refractivity contribution < 1.29 is 14.4 Å². The van der Waals surface area contributed by atoms with Crippen molar-refractivity contribution in [2.24, 2.45) is 0 Å².